The molecule has 130 valence electrons. The highest BCUT2D eigenvalue weighted by atomic mass is 16.6. The van der Waals surface area contributed by atoms with E-state index in [1.807, 2.05) is 0 Å². The van der Waals surface area contributed by atoms with Crippen molar-refractivity contribution in [1.82, 2.24) is 5.32 Å². The smallest absolute Gasteiger partial charge is 0.329 e. The molecule has 1 unspecified atom stereocenters. The van der Waals surface area contributed by atoms with Gasteiger partial charge in [-0.2, -0.15) is 0 Å². The van der Waals surface area contributed by atoms with Crippen LogP contribution in [0.1, 0.15) is 60.8 Å². The Morgan fingerprint density at radius 2 is 1.57 bits per heavy atom. The highest BCUT2D eigenvalue weighted by Gasteiger charge is 2.30. The zero-order valence-corrected chi connectivity index (χ0v) is 14.8. The second-order valence-electron chi connectivity index (χ2n) is 7.15. The lowest BCUT2D eigenvalue weighted by Gasteiger charge is -2.25. The molecule has 1 atom stereocenters. The summed E-state index contributed by atoms with van der Waals surface area (Å²) in [5.74, 6) is 0.653. The van der Waals surface area contributed by atoms with Crippen molar-refractivity contribution in [1.29, 1.82) is 0 Å². The normalized spacial score (nSPS) is 12.7. The van der Waals surface area contributed by atoms with Crippen LogP contribution in [0.2, 0.25) is 0 Å². The zero-order chi connectivity index (χ0) is 18.3. The van der Waals surface area contributed by atoms with Gasteiger partial charge in [0.25, 0.3) is 0 Å². The molecule has 0 aliphatic heterocycles. The van der Waals surface area contributed by atoms with Crippen LogP contribution < -0.4 is 5.32 Å². The second-order valence-corrected chi connectivity index (χ2v) is 7.15. The fourth-order valence-electron chi connectivity index (χ4n) is 1.57. The van der Waals surface area contributed by atoms with Gasteiger partial charge in [0.05, 0.1) is 6.42 Å². The van der Waals surface area contributed by atoms with E-state index in [1.54, 1.807) is 41.5 Å². The van der Waals surface area contributed by atoms with Gasteiger partial charge < -0.3 is 14.8 Å². The van der Waals surface area contributed by atoms with Crippen molar-refractivity contribution in [2.45, 2.75) is 78.0 Å². The molecule has 0 aromatic rings. The highest BCUT2D eigenvalue weighted by molar-refractivity contribution is 5.88. The minimum Gasteiger partial charge on any atom is -0.460 e. The number of carbonyl (C=O) groups excluding carboxylic acids is 3. The number of ether oxygens (including phenoxy) is 2. The van der Waals surface area contributed by atoms with Crippen molar-refractivity contribution in [2.75, 3.05) is 0 Å². The number of terminal acetylenes is 1. The van der Waals surface area contributed by atoms with E-state index in [-0.39, 0.29) is 19.3 Å². The maximum atomic E-state index is 12.2. The molecule has 0 spiro atoms. The molecule has 0 radical (unpaired) electrons. The molecule has 1 amide bonds. The third-order valence-corrected chi connectivity index (χ3v) is 2.31. The van der Waals surface area contributed by atoms with Crippen LogP contribution in [0.3, 0.4) is 0 Å². The molecule has 0 aromatic heterocycles. The number of rotatable bonds is 6. The molecule has 0 saturated heterocycles. The molecule has 0 saturated carbocycles. The molecule has 6 nitrogen and oxygen atoms in total. The number of hydrogen-bond donors (Lipinski definition) is 1. The van der Waals surface area contributed by atoms with E-state index >= 15 is 0 Å². The Morgan fingerprint density at radius 3 is 2.00 bits per heavy atom. The molecule has 0 fully saturated rings. The fourth-order valence-corrected chi connectivity index (χ4v) is 1.57. The van der Waals surface area contributed by atoms with Gasteiger partial charge in [0.15, 0.2) is 0 Å². The Balaban J connectivity index is 4.93. The van der Waals surface area contributed by atoms with E-state index in [4.69, 9.17) is 15.9 Å². The molecule has 0 aromatic carbocycles. The standard InChI is InChI=1S/C17H27NO5/c1-8-9-10-13(19)18-12(15(21)23-17(5,6)7)11-14(20)22-16(2,3)4/h1,12H,9-11H2,2-7H3,(H,18,19). The molecule has 1 N–H and O–H groups in total. The van der Waals surface area contributed by atoms with Crippen molar-refractivity contribution in [3.63, 3.8) is 0 Å². The van der Waals surface area contributed by atoms with Crippen LogP contribution in [0, 0.1) is 12.3 Å². The predicted octanol–water partition coefficient (Wildman–Crippen LogP) is 1.96. The minimum absolute atomic E-state index is 0.0735. The van der Waals surface area contributed by atoms with E-state index in [1.165, 1.54) is 0 Å². The molecule has 0 bridgehead atoms. The summed E-state index contributed by atoms with van der Waals surface area (Å²) >= 11 is 0. The Labute approximate surface area is 138 Å². The van der Waals surface area contributed by atoms with Gasteiger partial charge >= 0.3 is 11.9 Å². The first-order chi connectivity index (χ1) is 10.3. The summed E-state index contributed by atoms with van der Waals surface area (Å²) in [7, 11) is 0. The first-order valence-corrected chi connectivity index (χ1v) is 7.51. The van der Waals surface area contributed by atoms with Crippen molar-refractivity contribution in [2.24, 2.45) is 0 Å². The van der Waals surface area contributed by atoms with Crippen molar-refractivity contribution < 1.29 is 23.9 Å². The highest BCUT2D eigenvalue weighted by Crippen LogP contribution is 2.13. The summed E-state index contributed by atoms with van der Waals surface area (Å²) in [4.78, 5) is 35.9. The van der Waals surface area contributed by atoms with E-state index in [9.17, 15) is 14.4 Å². The third-order valence-electron chi connectivity index (χ3n) is 2.31. The lowest BCUT2D eigenvalue weighted by Crippen LogP contribution is -2.46. The zero-order valence-electron chi connectivity index (χ0n) is 14.8. The summed E-state index contributed by atoms with van der Waals surface area (Å²) in [5.41, 5.74) is -1.41. The van der Waals surface area contributed by atoms with Gasteiger partial charge in [-0.25, -0.2) is 4.79 Å². The van der Waals surface area contributed by atoms with Gasteiger partial charge in [-0.15, -0.1) is 12.3 Å². The Morgan fingerprint density at radius 1 is 1.04 bits per heavy atom. The molecule has 0 aliphatic rings. The Kier molecular flexibility index (Phi) is 7.81. The van der Waals surface area contributed by atoms with Gasteiger partial charge in [0.1, 0.15) is 17.2 Å². The number of carbonyl (C=O) groups is 3. The van der Waals surface area contributed by atoms with Crippen LogP contribution in [0.4, 0.5) is 0 Å². The summed E-state index contributed by atoms with van der Waals surface area (Å²) in [6, 6.07) is -1.10. The number of nitrogens with one attached hydrogen (secondary N) is 1. The van der Waals surface area contributed by atoms with E-state index < -0.39 is 35.1 Å². The predicted molar refractivity (Wildman–Crippen MR) is 86.3 cm³/mol. The topological polar surface area (TPSA) is 81.7 Å². The van der Waals surface area contributed by atoms with Crippen molar-refractivity contribution in [3.8, 4) is 12.3 Å². The van der Waals surface area contributed by atoms with Gasteiger partial charge in [-0.05, 0) is 41.5 Å². The fraction of sp³-hybridized carbons (Fsp3) is 0.706. The lowest BCUT2D eigenvalue weighted by atomic mass is 10.1. The third kappa shape index (κ3) is 11.2. The van der Waals surface area contributed by atoms with Crippen LogP contribution >= 0.6 is 0 Å². The van der Waals surface area contributed by atoms with E-state index in [0.717, 1.165) is 0 Å². The molecule has 23 heavy (non-hydrogen) atoms. The van der Waals surface area contributed by atoms with Crippen molar-refractivity contribution in [3.05, 3.63) is 0 Å². The summed E-state index contributed by atoms with van der Waals surface area (Å²) < 4.78 is 10.4. The summed E-state index contributed by atoms with van der Waals surface area (Å²) in [6.07, 6.45) is 5.13. The van der Waals surface area contributed by atoms with Gasteiger partial charge in [-0.3, -0.25) is 9.59 Å². The first kappa shape index (κ1) is 21.0. The molecular weight excluding hydrogens is 298 g/mol. The number of esters is 2. The van der Waals surface area contributed by atoms with Gasteiger partial charge in [0.2, 0.25) is 5.91 Å². The maximum absolute atomic E-state index is 12.2. The number of hydrogen-bond acceptors (Lipinski definition) is 5. The molecule has 0 heterocycles. The van der Waals surface area contributed by atoms with E-state index in [0.29, 0.717) is 0 Å². The summed E-state index contributed by atoms with van der Waals surface area (Å²) in [6.45, 7) is 10.3. The van der Waals surface area contributed by atoms with Crippen molar-refractivity contribution >= 4 is 17.8 Å². The minimum atomic E-state index is -1.10. The molecular formula is C17H27NO5. The van der Waals surface area contributed by atoms with Crippen LogP contribution in [0.25, 0.3) is 0 Å². The molecule has 0 rings (SSSR count). The van der Waals surface area contributed by atoms with Gasteiger partial charge in [0, 0.05) is 12.8 Å². The van der Waals surface area contributed by atoms with E-state index in [2.05, 4.69) is 11.2 Å². The number of amides is 1. The van der Waals surface area contributed by atoms with Crippen LogP contribution in [-0.4, -0.2) is 35.1 Å². The molecule has 0 aliphatic carbocycles. The van der Waals surface area contributed by atoms with Crippen LogP contribution in [0.15, 0.2) is 0 Å². The SMILES string of the molecule is C#CCCC(=O)NC(CC(=O)OC(C)(C)C)C(=O)OC(C)(C)C. The lowest BCUT2D eigenvalue weighted by molar-refractivity contribution is -0.165. The van der Waals surface area contributed by atoms with Gasteiger partial charge in [-0.1, -0.05) is 0 Å². The Hall–Kier alpha value is -2.03. The average Bonchev–Trinajstić information content (AvgIpc) is 2.31. The molecule has 6 heteroatoms. The second kappa shape index (κ2) is 8.56. The monoisotopic (exact) mass is 325 g/mol. The van der Waals surface area contributed by atoms with Crippen LogP contribution in [0.5, 0.6) is 0 Å². The summed E-state index contributed by atoms with van der Waals surface area (Å²) in [5, 5.41) is 2.48. The average molecular weight is 325 g/mol. The maximum Gasteiger partial charge on any atom is 0.329 e. The van der Waals surface area contributed by atoms with Crippen LogP contribution in [-0.2, 0) is 23.9 Å². The quantitative estimate of drug-likeness (QED) is 0.596. The first-order valence-electron chi connectivity index (χ1n) is 7.51. The Bertz CT molecular complexity index is 477. The largest absolute Gasteiger partial charge is 0.460 e.